The van der Waals surface area contributed by atoms with Crippen LogP contribution in [-0.2, 0) is 5.41 Å². The maximum atomic E-state index is 9.70. The first kappa shape index (κ1) is 14.6. The van der Waals surface area contributed by atoms with Crippen molar-refractivity contribution in [2.24, 2.45) is 28.8 Å². The lowest BCUT2D eigenvalue weighted by Crippen LogP contribution is -2.54. The Kier molecular flexibility index (Phi) is 2.98. The van der Waals surface area contributed by atoms with E-state index in [1.807, 2.05) is 6.07 Å². The second-order valence-electron chi connectivity index (χ2n) is 8.32. The van der Waals surface area contributed by atoms with Gasteiger partial charge in [-0.15, -0.1) is 0 Å². The minimum atomic E-state index is 0.131. The molecule has 4 fully saturated rings. The van der Waals surface area contributed by atoms with Crippen molar-refractivity contribution in [3.05, 3.63) is 23.3 Å². The van der Waals surface area contributed by atoms with E-state index in [4.69, 9.17) is 9.47 Å². The van der Waals surface area contributed by atoms with Gasteiger partial charge >= 0.3 is 0 Å². The monoisotopic (exact) mass is 327 g/mol. The molecule has 1 N–H and O–H groups in total. The number of nitrogens with zero attached hydrogens (tertiary/aromatic N) is 1. The number of ether oxygens (including phenoxy) is 2. The van der Waals surface area contributed by atoms with Gasteiger partial charge in [0, 0.05) is 23.5 Å². The molecule has 0 aliphatic heterocycles. The molecule has 24 heavy (non-hydrogen) atoms. The Balaban J connectivity index is 1.74. The molecule has 0 atom stereocenters. The first-order valence-electron chi connectivity index (χ1n) is 9.17. The molecule has 0 unspecified atom stereocenters. The highest BCUT2D eigenvalue weighted by atomic mass is 16.5. The van der Waals surface area contributed by atoms with Gasteiger partial charge in [-0.3, -0.25) is 0 Å². The number of fused-ring (bicyclic) bond motifs is 1. The van der Waals surface area contributed by atoms with Crippen LogP contribution in [0.3, 0.4) is 0 Å². The average Bonchev–Trinajstić information content (AvgIpc) is 2.93. The zero-order chi connectivity index (χ0) is 16.5. The van der Waals surface area contributed by atoms with Crippen molar-refractivity contribution in [1.29, 1.82) is 0 Å². The van der Waals surface area contributed by atoms with E-state index < -0.39 is 0 Å². The molecule has 4 heteroatoms. The standard InChI is InChI=1S/C20H25NO3/c1-23-15-8-16-19(18(9-15)24-2)17(21-22)10-20(16)13-4-11-3-12(6-13)7-14(20)5-11/h8-9,11-14,22H,3-7,10H2,1-2H3/b21-17+. The highest BCUT2D eigenvalue weighted by Crippen LogP contribution is 2.67. The molecule has 0 amide bonds. The molecule has 128 valence electrons. The van der Waals surface area contributed by atoms with E-state index >= 15 is 0 Å². The van der Waals surface area contributed by atoms with Crippen LogP contribution in [0.2, 0.25) is 0 Å². The van der Waals surface area contributed by atoms with Gasteiger partial charge in [-0.05, 0) is 67.4 Å². The summed E-state index contributed by atoms with van der Waals surface area (Å²) in [7, 11) is 3.40. The second-order valence-corrected chi connectivity index (χ2v) is 8.32. The Morgan fingerprint density at radius 3 is 2.21 bits per heavy atom. The molecule has 4 nitrogen and oxygen atoms in total. The fraction of sp³-hybridized carbons (Fsp3) is 0.650. The van der Waals surface area contributed by atoms with E-state index in [0.29, 0.717) is 11.8 Å². The van der Waals surface area contributed by atoms with E-state index in [0.717, 1.165) is 41.0 Å². The lowest BCUT2D eigenvalue weighted by atomic mass is 9.44. The van der Waals surface area contributed by atoms with Gasteiger partial charge in [0.25, 0.3) is 0 Å². The summed E-state index contributed by atoms with van der Waals surface area (Å²) in [4.78, 5) is 0. The highest BCUT2D eigenvalue weighted by molar-refractivity contribution is 6.08. The van der Waals surface area contributed by atoms with Crippen molar-refractivity contribution in [1.82, 2.24) is 0 Å². The predicted octanol–water partition coefficient (Wildman–Crippen LogP) is 3.98. The predicted molar refractivity (Wildman–Crippen MR) is 91.2 cm³/mol. The minimum Gasteiger partial charge on any atom is -0.497 e. The van der Waals surface area contributed by atoms with Gasteiger partial charge in [0.1, 0.15) is 11.5 Å². The van der Waals surface area contributed by atoms with Gasteiger partial charge in [0.05, 0.1) is 19.9 Å². The van der Waals surface area contributed by atoms with E-state index in [9.17, 15) is 5.21 Å². The van der Waals surface area contributed by atoms with Crippen molar-refractivity contribution in [2.45, 2.75) is 43.9 Å². The molecular weight excluding hydrogens is 302 g/mol. The van der Waals surface area contributed by atoms with Gasteiger partial charge < -0.3 is 14.7 Å². The molecule has 0 saturated heterocycles. The van der Waals surface area contributed by atoms with Crippen molar-refractivity contribution in [3.63, 3.8) is 0 Å². The largest absolute Gasteiger partial charge is 0.497 e. The van der Waals surface area contributed by atoms with Crippen LogP contribution in [0.5, 0.6) is 11.5 Å². The van der Waals surface area contributed by atoms with Crippen LogP contribution in [-0.4, -0.2) is 25.1 Å². The van der Waals surface area contributed by atoms with Crippen LogP contribution in [0.1, 0.15) is 49.7 Å². The van der Waals surface area contributed by atoms with E-state index in [1.54, 1.807) is 14.2 Å². The summed E-state index contributed by atoms with van der Waals surface area (Å²) in [6, 6.07) is 4.11. The molecule has 0 aromatic heterocycles. The number of oxime groups is 1. The molecular formula is C20H25NO3. The minimum absolute atomic E-state index is 0.131. The Hall–Kier alpha value is -1.71. The van der Waals surface area contributed by atoms with Crippen LogP contribution in [0.25, 0.3) is 0 Å². The van der Waals surface area contributed by atoms with E-state index in [1.165, 1.54) is 37.7 Å². The summed E-state index contributed by atoms with van der Waals surface area (Å²) < 4.78 is 11.2. The molecule has 1 spiro atoms. The molecule has 1 aromatic carbocycles. The molecule has 5 aliphatic rings. The second kappa shape index (κ2) is 4.90. The third-order valence-corrected chi connectivity index (χ3v) is 7.50. The Morgan fingerprint density at radius 1 is 1.00 bits per heavy atom. The lowest BCUT2D eigenvalue weighted by Gasteiger charge is -2.60. The topological polar surface area (TPSA) is 51.0 Å². The Bertz CT molecular complexity index is 696. The van der Waals surface area contributed by atoms with Gasteiger partial charge in [-0.2, -0.15) is 0 Å². The summed E-state index contributed by atoms with van der Waals surface area (Å²) in [6.45, 7) is 0. The van der Waals surface area contributed by atoms with Crippen LogP contribution < -0.4 is 9.47 Å². The summed E-state index contributed by atoms with van der Waals surface area (Å²) in [5.41, 5.74) is 3.28. The van der Waals surface area contributed by atoms with E-state index in [2.05, 4.69) is 11.2 Å². The van der Waals surface area contributed by atoms with Gasteiger partial charge in [-0.1, -0.05) is 5.16 Å². The zero-order valence-electron chi connectivity index (χ0n) is 14.4. The SMILES string of the molecule is COc1cc(OC)c2c(c1)C1(C/C2=N\O)C2CC3CC(C2)CC1C3. The van der Waals surface area contributed by atoms with Crippen molar-refractivity contribution in [2.75, 3.05) is 14.2 Å². The van der Waals surface area contributed by atoms with Crippen molar-refractivity contribution < 1.29 is 14.7 Å². The molecule has 4 bridgehead atoms. The summed E-state index contributed by atoms with van der Waals surface area (Å²) >= 11 is 0. The van der Waals surface area contributed by atoms with Gasteiger partial charge in [0.15, 0.2) is 0 Å². The third kappa shape index (κ3) is 1.67. The van der Waals surface area contributed by atoms with Crippen LogP contribution >= 0.6 is 0 Å². The number of methoxy groups -OCH3 is 2. The third-order valence-electron chi connectivity index (χ3n) is 7.50. The summed E-state index contributed by atoms with van der Waals surface area (Å²) in [5, 5.41) is 13.4. The summed E-state index contributed by atoms with van der Waals surface area (Å²) in [6.07, 6.45) is 7.65. The van der Waals surface area contributed by atoms with Crippen LogP contribution in [0, 0.1) is 23.7 Å². The van der Waals surface area contributed by atoms with Gasteiger partial charge in [0.2, 0.25) is 0 Å². The molecule has 1 aromatic rings. The quantitative estimate of drug-likeness (QED) is 0.660. The maximum absolute atomic E-state index is 9.70. The smallest absolute Gasteiger partial charge is 0.132 e. The first-order valence-corrected chi connectivity index (χ1v) is 9.17. The number of rotatable bonds is 2. The first-order chi connectivity index (χ1) is 11.7. The van der Waals surface area contributed by atoms with E-state index in [-0.39, 0.29) is 5.41 Å². The number of benzene rings is 1. The summed E-state index contributed by atoms with van der Waals surface area (Å²) in [5.74, 6) is 4.89. The molecule has 0 heterocycles. The lowest BCUT2D eigenvalue weighted by molar-refractivity contribution is -0.0559. The van der Waals surface area contributed by atoms with Gasteiger partial charge in [-0.25, -0.2) is 0 Å². The van der Waals surface area contributed by atoms with Crippen molar-refractivity contribution >= 4 is 5.71 Å². The fourth-order valence-corrected chi connectivity index (χ4v) is 6.83. The Morgan fingerprint density at radius 2 is 1.67 bits per heavy atom. The number of hydrogen-bond acceptors (Lipinski definition) is 4. The molecule has 0 radical (unpaired) electrons. The fourth-order valence-electron chi connectivity index (χ4n) is 6.83. The average molecular weight is 327 g/mol. The molecule has 4 saturated carbocycles. The normalized spacial score (nSPS) is 40.3. The molecule has 5 aliphatic carbocycles. The zero-order valence-corrected chi connectivity index (χ0v) is 14.4. The van der Waals surface area contributed by atoms with Crippen LogP contribution in [0.4, 0.5) is 0 Å². The number of hydrogen-bond donors (Lipinski definition) is 1. The van der Waals surface area contributed by atoms with Crippen LogP contribution in [0.15, 0.2) is 17.3 Å². The highest BCUT2D eigenvalue weighted by Gasteiger charge is 2.61. The maximum Gasteiger partial charge on any atom is 0.132 e. The van der Waals surface area contributed by atoms with Crippen molar-refractivity contribution in [3.8, 4) is 11.5 Å². The molecule has 6 rings (SSSR count). The Labute approximate surface area is 142 Å².